The molecule has 1 aliphatic rings. The van der Waals surface area contributed by atoms with Crippen molar-refractivity contribution in [3.05, 3.63) is 60.3 Å². The highest BCUT2D eigenvalue weighted by Gasteiger charge is 2.23. The number of hydrogen-bond donors (Lipinski definition) is 2. The van der Waals surface area contributed by atoms with Crippen molar-refractivity contribution < 1.29 is 0 Å². The minimum absolute atomic E-state index is 0.626. The van der Waals surface area contributed by atoms with Crippen molar-refractivity contribution in [3.63, 3.8) is 0 Å². The molecule has 0 bridgehead atoms. The first-order chi connectivity index (χ1) is 12.4. The van der Waals surface area contributed by atoms with E-state index in [9.17, 15) is 0 Å². The number of pyridine rings is 2. The zero-order chi connectivity index (χ0) is 16.6. The minimum Gasteiger partial charge on any atom is -0.360 e. The van der Waals surface area contributed by atoms with E-state index in [1.54, 1.807) is 0 Å². The number of aromatic amines is 2. The number of nitrogens with one attached hydrogen (secondary N) is 2. The number of piperidine rings is 1. The highest BCUT2D eigenvalue weighted by Crippen LogP contribution is 2.33. The zero-order valence-electron chi connectivity index (χ0n) is 14.1. The Labute approximate surface area is 146 Å². The quantitative estimate of drug-likeness (QED) is 0.600. The Bertz CT molecular complexity index is 1010. The Balaban J connectivity index is 1.30. The van der Waals surface area contributed by atoms with Crippen LogP contribution in [0.1, 0.15) is 29.9 Å². The SMILES string of the molecule is c1cnc2[nH]cc(C3CCN(Cc4c[nH]c5cnccc45)CC3)c2c1. The summed E-state index contributed by atoms with van der Waals surface area (Å²) in [5.41, 5.74) is 4.93. The Kier molecular flexibility index (Phi) is 3.52. The zero-order valence-corrected chi connectivity index (χ0v) is 14.1. The van der Waals surface area contributed by atoms with Gasteiger partial charge in [-0.05, 0) is 61.2 Å². The molecule has 0 unspecified atom stereocenters. The molecule has 4 aromatic heterocycles. The largest absolute Gasteiger partial charge is 0.360 e. The lowest BCUT2D eigenvalue weighted by atomic mass is 9.89. The van der Waals surface area contributed by atoms with Gasteiger partial charge >= 0.3 is 0 Å². The number of fused-ring (bicyclic) bond motifs is 2. The van der Waals surface area contributed by atoms with Gasteiger partial charge in [0.05, 0.1) is 11.7 Å². The van der Waals surface area contributed by atoms with E-state index in [-0.39, 0.29) is 0 Å². The van der Waals surface area contributed by atoms with E-state index in [2.05, 4.69) is 49.4 Å². The van der Waals surface area contributed by atoms with Gasteiger partial charge in [0.25, 0.3) is 0 Å². The lowest BCUT2D eigenvalue weighted by Crippen LogP contribution is -2.32. The number of nitrogens with zero attached hydrogens (tertiary/aromatic N) is 3. The van der Waals surface area contributed by atoms with Crippen LogP contribution in [-0.2, 0) is 6.54 Å². The van der Waals surface area contributed by atoms with Gasteiger partial charge < -0.3 is 9.97 Å². The topological polar surface area (TPSA) is 60.6 Å². The van der Waals surface area contributed by atoms with Gasteiger partial charge in [-0.25, -0.2) is 4.98 Å². The van der Waals surface area contributed by atoms with E-state index in [4.69, 9.17) is 0 Å². The molecule has 2 N–H and O–H groups in total. The summed E-state index contributed by atoms with van der Waals surface area (Å²) in [4.78, 5) is 17.8. The number of likely N-dealkylation sites (tertiary alicyclic amines) is 1. The summed E-state index contributed by atoms with van der Waals surface area (Å²) in [6.07, 6.45) is 12.3. The van der Waals surface area contributed by atoms with Crippen molar-refractivity contribution in [1.29, 1.82) is 0 Å². The minimum atomic E-state index is 0.626. The molecule has 1 fully saturated rings. The third-order valence-electron chi connectivity index (χ3n) is 5.47. The van der Waals surface area contributed by atoms with Crippen LogP contribution >= 0.6 is 0 Å². The van der Waals surface area contributed by atoms with Crippen LogP contribution in [0, 0.1) is 0 Å². The van der Waals surface area contributed by atoms with Gasteiger partial charge in [0.2, 0.25) is 0 Å². The van der Waals surface area contributed by atoms with E-state index >= 15 is 0 Å². The fraction of sp³-hybridized carbons (Fsp3) is 0.300. The van der Waals surface area contributed by atoms with Crippen molar-refractivity contribution in [2.75, 3.05) is 13.1 Å². The summed E-state index contributed by atoms with van der Waals surface area (Å²) in [6, 6.07) is 6.31. The van der Waals surface area contributed by atoms with E-state index in [1.165, 1.54) is 34.7 Å². The molecule has 5 rings (SSSR count). The average molecular weight is 331 g/mol. The molecule has 1 saturated heterocycles. The third-order valence-corrected chi connectivity index (χ3v) is 5.47. The maximum absolute atomic E-state index is 4.42. The normalized spacial score (nSPS) is 16.8. The van der Waals surface area contributed by atoms with E-state index < -0.39 is 0 Å². The van der Waals surface area contributed by atoms with Crippen LogP contribution in [0.3, 0.4) is 0 Å². The third kappa shape index (κ3) is 2.61. The standard InChI is InChI=1S/C20H21N5/c1-2-17-18(11-24-20(17)22-6-1)14-4-8-25(9-5-14)13-15-10-23-19-12-21-7-3-16(15)19/h1-3,6-7,10-12,14,23H,4-5,8-9,13H2,(H,22,24). The first-order valence-electron chi connectivity index (χ1n) is 8.93. The van der Waals surface area contributed by atoms with Crippen LogP contribution in [0.4, 0.5) is 0 Å². The van der Waals surface area contributed by atoms with Crippen LogP contribution in [0.5, 0.6) is 0 Å². The molecule has 0 aliphatic carbocycles. The molecule has 5 nitrogen and oxygen atoms in total. The highest BCUT2D eigenvalue weighted by atomic mass is 15.1. The predicted octanol–water partition coefficient (Wildman–Crippen LogP) is 3.82. The Morgan fingerprint density at radius 2 is 1.96 bits per heavy atom. The predicted molar refractivity (Wildman–Crippen MR) is 99.4 cm³/mol. The molecule has 0 atom stereocenters. The second kappa shape index (κ2) is 6.01. The van der Waals surface area contributed by atoms with Crippen LogP contribution in [0.2, 0.25) is 0 Å². The number of aromatic nitrogens is 4. The highest BCUT2D eigenvalue weighted by molar-refractivity contribution is 5.82. The van der Waals surface area contributed by atoms with Gasteiger partial charge in [-0.2, -0.15) is 0 Å². The second-order valence-corrected chi connectivity index (χ2v) is 6.93. The molecule has 0 amide bonds. The second-order valence-electron chi connectivity index (χ2n) is 6.93. The molecule has 5 heterocycles. The molecule has 4 aromatic rings. The van der Waals surface area contributed by atoms with Crippen molar-refractivity contribution in [1.82, 2.24) is 24.8 Å². The van der Waals surface area contributed by atoms with Crippen molar-refractivity contribution >= 4 is 21.9 Å². The molecule has 0 spiro atoms. The van der Waals surface area contributed by atoms with Gasteiger partial charge in [-0.3, -0.25) is 9.88 Å². The molecule has 0 radical (unpaired) electrons. The molecular formula is C20H21N5. The molecule has 25 heavy (non-hydrogen) atoms. The van der Waals surface area contributed by atoms with E-state index in [1.807, 2.05) is 24.7 Å². The van der Waals surface area contributed by atoms with Crippen LogP contribution in [0.25, 0.3) is 21.9 Å². The Hall–Kier alpha value is -2.66. The van der Waals surface area contributed by atoms with Crippen molar-refractivity contribution in [2.24, 2.45) is 0 Å². The smallest absolute Gasteiger partial charge is 0.137 e. The lowest BCUT2D eigenvalue weighted by Gasteiger charge is -2.31. The summed E-state index contributed by atoms with van der Waals surface area (Å²) in [6.45, 7) is 3.27. The average Bonchev–Trinajstić information content (AvgIpc) is 3.27. The summed E-state index contributed by atoms with van der Waals surface area (Å²) in [7, 11) is 0. The lowest BCUT2D eigenvalue weighted by molar-refractivity contribution is 0.206. The molecule has 0 aromatic carbocycles. The van der Waals surface area contributed by atoms with Gasteiger partial charge in [-0.1, -0.05) is 0 Å². The van der Waals surface area contributed by atoms with Gasteiger partial charge in [0.1, 0.15) is 5.65 Å². The first kappa shape index (κ1) is 14.7. The number of rotatable bonds is 3. The van der Waals surface area contributed by atoms with Crippen LogP contribution in [0.15, 0.2) is 49.2 Å². The van der Waals surface area contributed by atoms with E-state index in [0.717, 1.165) is 30.8 Å². The summed E-state index contributed by atoms with van der Waals surface area (Å²) < 4.78 is 0. The molecule has 1 aliphatic heterocycles. The van der Waals surface area contributed by atoms with Gasteiger partial charge in [0.15, 0.2) is 0 Å². The Morgan fingerprint density at radius 3 is 2.88 bits per heavy atom. The van der Waals surface area contributed by atoms with Crippen LogP contribution < -0.4 is 0 Å². The van der Waals surface area contributed by atoms with Crippen molar-refractivity contribution in [2.45, 2.75) is 25.3 Å². The van der Waals surface area contributed by atoms with Gasteiger partial charge in [-0.15, -0.1) is 0 Å². The van der Waals surface area contributed by atoms with Gasteiger partial charge in [0, 0.05) is 42.1 Å². The molecule has 0 saturated carbocycles. The summed E-state index contributed by atoms with van der Waals surface area (Å²) in [5, 5.41) is 2.57. The summed E-state index contributed by atoms with van der Waals surface area (Å²) >= 11 is 0. The maximum atomic E-state index is 4.42. The first-order valence-corrected chi connectivity index (χ1v) is 8.93. The molecule has 126 valence electrons. The fourth-order valence-corrected chi connectivity index (χ4v) is 4.12. The Morgan fingerprint density at radius 1 is 1.04 bits per heavy atom. The van der Waals surface area contributed by atoms with E-state index in [0.29, 0.717) is 5.92 Å². The fourth-order valence-electron chi connectivity index (χ4n) is 4.12. The molecular weight excluding hydrogens is 310 g/mol. The van der Waals surface area contributed by atoms with Crippen molar-refractivity contribution in [3.8, 4) is 0 Å². The maximum Gasteiger partial charge on any atom is 0.137 e. The molecule has 5 heteroatoms. The van der Waals surface area contributed by atoms with Crippen LogP contribution in [-0.4, -0.2) is 37.9 Å². The summed E-state index contributed by atoms with van der Waals surface area (Å²) in [5.74, 6) is 0.626. The number of hydrogen-bond acceptors (Lipinski definition) is 3. The monoisotopic (exact) mass is 331 g/mol. The number of H-pyrrole nitrogens is 2.